The Bertz CT molecular complexity index is 1940. The number of aliphatic hydroxyl groups is 2. The zero-order chi connectivity index (χ0) is 61.7. The maximum atomic E-state index is 13.2. The van der Waals surface area contributed by atoms with Gasteiger partial charge in [0.25, 0.3) is 0 Å². The zero-order valence-electron chi connectivity index (χ0n) is 53.3. The van der Waals surface area contributed by atoms with Crippen molar-refractivity contribution in [2.24, 2.45) is 0 Å². The fourth-order valence-corrected chi connectivity index (χ4v) is 9.46. The number of aliphatic carboxylic acids is 1. The first-order chi connectivity index (χ1) is 41.6. The summed E-state index contributed by atoms with van der Waals surface area (Å²) < 4.78 is 28.5. The summed E-state index contributed by atoms with van der Waals surface area (Å²) in [6.07, 6.45) is 70.2. The van der Waals surface area contributed by atoms with Gasteiger partial charge in [-0.25, -0.2) is 4.79 Å². The molecule has 12 heteroatoms. The van der Waals surface area contributed by atoms with Gasteiger partial charge in [0, 0.05) is 19.3 Å². The highest BCUT2D eigenvalue weighted by atomic mass is 16.7. The van der Waals surface area contributed by atoms with Gasteiger partial charge < -0.3 is 39.0 Å². The van der Waals surface area contributed by atoms with E-state index in [1.165, 1.54) is 83.5 Å². The van der Waals surface area contributed by atoms with Crippen LogP contribution < -0.4 is 0 Å². The standard InChI is InChI=1S/C73H118O12/c1-4-7-10-13-16-19-22-25-28-31-33-36-38-41-44-47-50-53-56-59-65(74)81-62-64(83-66(75)60-57-54-51-48-45-42-39-35-30-27-24-21-18-15-12-9-6-3)63-82-73-71(69(78)68(77)70(85-73)72(79)80)84-67(76)61-58-55-52-49-46-43-40-37-34-32-29-26-23-20-17-14-11-8-5-2/h8-9,11-12,17-18,20-21,25-30,34,37,43,46,52,55,64,68-71,73,77-78H,4-7,10,13-16,19,22-24,31-33,35-36,38-42,44-45,47-51,53-54,56-63H2,1-3H3,(H,79,80)/b11-8-,12-9-,20-17-,21-18-,28-25-,29-26-,30-27-,37-34-,46-43-,55-52-. The van der Waals surface area contributed by atoms with Gasteiger partial charge in [0.1, 0.15) is 18.8 Å². The number of ether oxygens (including phenoxy) is 5. The molecule has 0 radical (unpaired) electrons. The fraction of sp³-hybridized carbons (Fsp3) is 0.671. The highest BCUT2D eigenvalue weighted by Gasteiger charge is 2.50. The van der Waals surface area contributed by atoms with Crippen LogP contribution in [0.15, 0.2) is 122 Å². The zero-order valence-corrected chi connectivity index (χ0v) is 53.3. The first-order valence-electron chi connectivity index (χ1n) is 33.5. The average Bonchev–Trinajstić information content (AvgIpc) is 2.79. The van der Waals surface area contributed by atoms with Crippen LogP contribution >= 0.6 is 0 Å². The first-order valence-corrected chi connectivity index (χ1v) is 33.5. The van der Waals surface area contributed by atoms with Crippen LogP contribution in [0, 0.1) is 0 Å². The maximum Gasteiger partial charge on any atom is 0.335 e. The first kappa shape index (κ1) is 78.1. The second-order valence-corrected chi connectivity index (χ2v) is 22.3. The molecule has 6 unspecified atom stereocenters. The lowest BCUT2D eigenvalue weighted by atomic mass is 9.98. The third kappa shape index (κ3) is 48.9. The van der Waals surface area contributed by atoms with Gasteiger partial charge in [0.15, 0.2) is 24.6 Å². The van der Waals surface area contributed by atoms with Crippen molar-refractivity contribution in [3.8, 4) is 0 Å². The number of aliphatic hydroxyl groups excluding tert-OH is 2. The van der Waals surface area contributed by atoms with Crippen LogP contribution in [0.5, 0.6) is 0 Å². The molecule has 6 atom stereocenters. The van der Waals surface area contributed by atoms with E-state index >= 15 is 0 Å². The summed E-state index contributed by atoms with van der Waals surface area (Å²) in [6.45, 7) is 5.75. The predicted molar refractivity (Wildman–Crippen MR) is 349 cm³/mol. The van der Waals surface area contributed by atoms with Crippen molar-refractivity contribution < 1.29 is 58.2 Å². The lowest BCUT2D eigenvalue weighted by molar-refractivity contribution is -0.301. The molecule has 482 valence electrons. The van der Waals surface area contributed by atoms with Gasteiger partial charge in [-0.3, -0.25) is 14.4 Å². The van der Waals surface area contributed by atoms with E-state index < -0.39 is 67.3 Å². The molecule has 0 aromatic heterocycles. The molecule has 0 aliphatic carbocycles. The summed E-state index contributed by atoms with van der Waals surface area (Å²) in [5, 5.41) is 31.6. The van der Waals surface area contributed by atoms with Crippen LogP contribution in [0.4, 0.5) is 0 Å². The molecule has 1 rings (SSSR count). The van der Waals surface area contributed by atoms with E-state index in [4.69, 9.17) is 23.7 Å². The molecule has 3 N–H and O–H groups in total. The number of carbonyl (C=O) groups excluding carboxylic acids is 3. The summed E-state index contributed by atoms with van der Waals surface area (Å²) in [5.74, 6) is -3.25. The lowest BCUT2D eigenvalue weighted by Gasteiger charge is -2.40. The van der Waals surface area contributed by atoms with Gasteiger partial charge >= 0.3 is 23.9 Å². The molecule has 0 aromatic rings. The SMILES string of the molecule is CC/C=C\C/C=C\C/C=C\C/C=C\C/C=C\C/C=C\CCC(=O)OC1C(OCC(COC(=O)CCCCCCCCCCC/C=C\CCCCCCCC)OC(=O)CCCCCCCCC/C=C\C/C=C\C/C=C\CC)OC(C(=O)O)C(O)C1O. The predicted octanol–water partition coefficient (Wildman–Crippen LogP) is 18.3. The normalized spacial score (nSPS) is 18.2. The van der Waals surface area contributed by atoms with Gasteiger partial charge in [-0.1, -0.05) is 251 Å². The summed E-state index contributed by atoms with van der Waals surface area (Å²) >= 11 is 0. The van der Waals surface area contributed by atoms with Crippen LogP contribution in [0.25, 0.3) is 0 Å². The quantitative estimate of drug-likeness (QED) is 0.0228. The Morgan fingerprint density at radius 1 is 0.400 bits per heavy atom. The van der Waals surface area contributed by atoms with Crippen molar-refractivity contribution in [3.63, 3.8) is 0 Å². The monoisotopic (exact) mass is 1190 g/mol. The van der Waals surface area contributed by atoms with E-state index in [9.17, 15) is 34.5 Å². The highest BCUT2D eigenvalue weighted by molar-refractivity contribution is 5.74. The summed E-state index contributed by atoms with van der Waals surface area (Å²) in [7, 11) is 0. The second-order valence-electron chi connectivity index (χ2n) is 22.3. The fourth-order valence-electron chi connectivity index (χ4n) is 9.46. The third-order valence-electron chi connectivity index (χ3n) is 14.5. The molecule has 1 fully saturated rings. The molecular weight excluding hydrogens is 1070 g/mol. The summed E-state index contributed by atoms with van der Waals surface area (Å²) in [5.41, 5.74) is 0. The Morgan fingerprint density at radius 3 is 1.19 bits per heavy atom. The molecule has 1 heterocycles. The highest BCUT2D eigenvalue weighted by Crippen LogP contribution is 2.26. The summed E-state index contributed by atoms with van der Waals surface area (Å²) in [4.78, 5) is 51.4. The van der Waals surface area contributed by atoms with Crippen LogP contribution in [-0.2, 0) is 42.9 Å². The molecular formula is C73H118O12. The maximum absolute atomic E-state index is 13.2. The molecule has 85 heavy (non-hydrogen) atoms. The number of carbonyl (C=O) groups is 4. The molecule has 0 spiro atoms. The lowest BCUT2D eigenvalue weighted by Crippen LogP contribution is -2.61. The van der Waals surface area contributed by atoms with E-state index in [-0.39, 0.29) is 25.9 Å². The van der Waals surface area contributed by atoms with E-state index in [1.54, 1.807) is 0 Å². The van der Waals surface area contributed by atoms with Gasteiger partial charge in [-0.2, -0.15) is 0 Å². The van der Waals surface area contributed by atoms with Crippen molar-refractivity contribution in [3.05, 3.63) is 122 Å². The minimum Gasteiger partial charge on any atom is -0.479 e. The molecule has 0 amide bonds. The number of carboxylic acids is 1. The number of rotatable bonds is 56. The smallest absolute Gasteiger partial charge is 0.335 e. The third-order valence-corrected chi connectivity index (χ3v) is 14.5. The minimum atomic E-state index is -1.94. The van der Waals surface area contributed by atoms with E-state index in [1.807, 2.05) is 18.2 Å². The van der Waals surface area contributed by atoms with Crippen LogP contribution in [0.3, 0.4) is 0 Å². The molecule has 0 aromatic carbocycles. The molecule has 12 nitrogen and oxygen atoms in total. The number of esters is 3. The Morgan fingerprint density at radius 2 is 0.765 bits per heavy atom. The van der Waals surface area contributed by atoms with Crippen molar-refractivity contribution in [2.75, 3.05) is 13.2 Å². The van der Waals surface area contributed by atoms with Gasteiger partial charge in [-0.05, 0) is 116 Å². The molecule has 0 saturated carbocycles. The van der Waals surface area contributed by atoms with E-state index in [2.05, 4.69) is 124 Å². The second kappa shape index (κ2) is 59.5. The minimum absolute atomic E-state index is 0.0713. The van der Waals surface area contributed by atoms with Gasteiger partial charge in [0.2, 0.25) is 0 Å². The van der Waals surface area contributed by atoms with Crippen molar-refractivity contribution >= 4 is 23.9 Å². The Balaban J connectivity index is 2.70. The molecule has 1 saturated heterocycles. The van der Waals surface area contributed by atoms with Crippen LogP contribution in [-0.4, -0.2) is 89.2 Å². The molecule has 1 aliphatic heterocycles. The van der Waals surface area contributed by atoms with E-state index in [0.717, 1.165) is 116 Å². The van der Waals surface area contributed by atoms with Gasteiger partial charge in [0.05, 0.1) is 6.61 Å². The van der Waals surface area contributed by atoms with Crippen molar-refractivity contribution in [2.45, 2.75) is 302 Å². The summed E-state index contributed by atoms with van der Waals surface area (Å²) in [6, 6.07) is 0. The van der Waals surface area contributed by atoms with E-state index in [0.29, 0.717) is 25.7 Å². The Labute approximate surface area is 516 Å². The van der Waals surface area contributed by atoms with Gasteiger partial charge in [-0.15, -0.1) is 0 Å². The van der Waals surface area contributed by atoms with Crippen LogP contribution in [0.2, 0.25) is 0 Å². The number of hydrogen-bond donors (Lipinski definition) is 3. The number of unbranched alkanes of at least 4 members (excludes halogenated alkanes) is 22. The average molecular weight is 1190 g/mol. The number of hydrogen-bond acceptors (Lipinski definition) is 11. The molecule has 0 bridgehead atoms. The topological polar surface area (TPSA) is 175 Å². The number of allylic oxidation sites excluding steroid dienone is 20. The van der Waals surface area contributed by atoms with Crippen LogP contribution in [0.1, 0.15) is 265 Å². The van der Waals surface area contributed by atoms with Crippen molar-refractivity contribution in [1.82, 2.24) is 0 Å². The molecule has 1 aliphatic rings. The number of carboxylic acid groups (broad SMARTS) is 1. The van der Waals surface area contributed by atoms with Crippen molar-refractivity contribution in [1.29, 1.82) is 0 Å². The Hall–Kier alpha value is -4.88. The largest absolute Gasteiger partial charge is 0.479 e. The Kier molecular flexibility index (Phi) is 54.6.